The molecular formula is C18H29N3S. The maximum absolute atomic E-state index is 5.63. The highest BCUT2D eigenvalue weighted by Gasteiger charge is 2.25. The van der Waals surface area contributed by atoms with Crippen LogP contribution < -0.4 is 5.32 Å². The smallest absolute Gasteiger partial charge is 0.173 e. The summed E-state index contributed by atoms with van der Waals surface area (Å²) in [6.45, 7) is 10.9. The minimum absolute atomic E-state index is 0.608. The number of hydrogen-bond acceptors (Lipinski definition) is 2. The van der Waals surface area contributed by atoms with Gasteiger partial charge in [-0.05, 0) is 70.9 Å². The van der Waals surface area contributed by atoms with E-state index in [1.54, 1.807) is 0 Å². The Balaban J connectivity index is 1.93. The molecule has 1 aromatic carbocycles. The lowest BCUT2D eigenvalue weighted by molar-refractivity contribution is 0.136. The number of likely N-dealkylation sites (tertiary alicyclic amines) is 1. The van der Waals surface area contributed by atoms with Crippen molar-refractivity contribution in [3.63, 3.8) is 0 Å². The molecule has 1 N–H and O–H groups in total. The van der Waals surface area contributed by atoms with Crippen LogP contribution in [0.4, 0.5) is 5.69 Å². The zero-order chi connectivity index (χ0) is 16.3. The first kappa shape index (κ1) is 17.2. The molecule has 1 aliphatic heterocycles. The van der Waals surface area contributed by atoms with Crippen LogP contribution in [0.1, 0.15) is 37.8 Å². The number of para-hydroxylation sites is 1. The fourth-order valence-corrected chi connectivity index (χ4v) is 3.38. The molecule has 0 atom stereocenters. The van der Waals surface area contributed by atoms with Gasteiger partial charge in [0.25, 0.3) is 0 Å². The molecule has 0 saturated carbocycles. The number of hydrogen-bond donors (Lipinski definition) is 1. The number of anilines is 1. The van der Waals surface area contributed by atoms with Crippen molar-refractivity contribution in [2.45, 2.75) is 52.6 Å². The number of rotatable bonds is 3. The number of benzene rings is 1. The van der Waals surface area contributed by atoms with Gasteiger partial charge in [-0.3, -0.25) is 0 Å². The second kappa shape index (κ2) is 7.42. The highest BCUT2D eigenvalue weighted by Crippen LogP contribution is 2.22. The molecule has 1 fully saturated rings. The van der Waals surface area contributed by atoms with Gasteiger partial charge in [-0.25, -0.2) is 0 Å². The molecule has 4 heteroatoms. The van der Waals surface area contributed by atoms with E-state index in [2.05, 4.69) is 68.1 Å². The van der Waals surface area contributed by atoms with E-state index in [0.717, 1.165) is 23.9 Å². The Morgan fingerprint density at radius 2 is 1.77 bits per heavy atom. The molecule has 0 radical (unpaired) electrons. The Kier molecular flexibility index (Phi) is 5.81. The number of nitrogens with zero attached hydrogens (tertiary/aromatic N) is 2. The summed E-state index contributed by atoms with van der Waals surface area (Å²) in [7, 11) is 2.23. The van der Waals surface area contributed by atoms with Gasteiger partial charge < -0.3 is 15.1 Å². The van der Waals surface area contributed by atoms with Crippen LogP contribution >= 0.6 is 12.2 Å². The lowest BCUT2D eigenvalue weighted by atomic mass is 10.0. The minimum atomic E-state index is 0.608. The molecule has 2 rings (SSSR count). The maximum atomic E-state index is 5.63. The first-order valence-corrected chi connectivity index (χ1v) is 8.65. The lowest BCUT2D eigenvalue weighted by Gasteiger charge is -2.39. The van der Waals surface area contributed by atoms with Crippen LogP contribution in [0.3, 0.4) is 0 Å². The number of thiocarbonyl (C=S) groups is 1. The standard InChI is InChI=1S/C18H29N3S/c1-13(2)20(5)16-9-11-21(12-10-16)18(22)19-17-14(3)7-6-8-15(17)4/h6-8,13,16H,9-12H2,1-5H3,(H,19,22). The zero-order valence-electron chi connectivity index (χ0n) is 14.5. The van der Waals surface area contributed by atoms with Crippen LogP contribution in [0.25, 0.3) is 0 Å². The highest BCUT2D eigenvalue weighted by atomic mass is 32.1. The van der Waals surface area contributed by atoms with Crippen LogP contribution in [0.5, 0.6) is 0 Å². The van der Waals surface area contributed by atoms with Crippen LogP contribution in [0.15, 0.2) is 18.2 Å². The number of nitrogens with one attached hydrogen (secondary N) is 1. The van der Waals surface area contributed by atoms with E-state index < -0.39 is 0 Å². The van der Waals surface area contributed by atoms with Gasteiger partial charge in [0.15, 0.2) is 5.11 Å². The molecule has 1 aliphatic rings. The van der Waals surface area contributed by atoms with Crippen LogP contribution in [0, 0.1) is 13.8 Å². The van der Waals surface area contributed by atoms with Crippen molar-refractivity contribution in [2.75, 3.05) is 25.5 Å². The Labute approximate surface area is 140 Å². The van der Waals surface area contributed by atoms with Gasteiger partial charge in [0.2, 0.25) is 0 Å². The van der Waals surface area contributed by atoms with Crippen molar-refractivity contribution in [1.82, 2.24) is 9.80 Å². The Hall–Kier alpha value is -1.13. The quantitative estimate of drug-likeness (QED) is 0.854. The third kappa shape index (κ3) is 3.99. The van der Waals surface area contributed by atoms with Crippen LogP contribution in [-0.2, 0) is 0 Å². The van der Waals surface area contributed by atoms with Crippen molar-refractivity contribution in [3.8, 4) is 0 Å². The summed E-state index contributed by atoms with van der Waals surface area (Å²) in [5.41, 5.74) is 3.66. The molecule has 1 aromatic rings. The van der Waals surface area contributed by atoms with Gasteiger partial charge in [0.05, 0.1) is 0 Å². The molecule has 0 aromatic heterocycles. The summed E-state index contributed by atoms with van der Waals surface area (Å²) in [6, 6.07) is 7.63. The van der Waals surface area contributed by atoms with Crippen LogP contribution in [-0.4, -0.2) is 47.1 Å². The molecule has 22 heavy (non-hydrogen) atoms. The maximum Gasteiger partial charge on any atom is 0.173 e. The average Bonchev–Trinajstić information content (AvgIpc) is 2.50. The Morgan fingerprint density at radius 3 is 2.27 bits per heavy atom. The summed E-state index contributed by atoms with van der Waals surface area (Å²) in [4.78, 5) is 4.80. The molecule has 0 unspecified atom stereocenters. The predicted octanol–water partition coefficient (Wildman–Crippen LogP) is 3.80. The number of piperidine rings is 1. The highest BCUT2D eigenvalue weighted by molar-refractivity contribution is 7.80. The molecule has 3 nitrogen and oxygen atoms in total. The van der Waals surface area contributed by atoms with Crippen molar-refractivity contribution in [3.05, 3.63) is 29.3 Å². The van der Waals surface area contributed by atoms with E-state index in [4.69, 9.17) is 12.2 Å². The topological polar surface area (TPSA) is 18.5 Å². The molecule has 0 amide bonds. The molecule has 0 spiro atoms. The third-order valence-corrected chi connectivity index (χ3v) is 5.22. The van der Waals surface area contributed by atoms with Gasteiger partial charge >= 0.3 is 0 Å². The molecule has 1 saturated heterocycles. The van der Waals surface area contributed by atoms with Gasteiger partial charge in [0, 0.05) is 30.9 Å². The fourth-order valence-electron chi connectivity index (χ4n) is 3.10. The van der Waals surface area contributed by atoms with E-state index in [1.807, 2.05) is 0 Å². The Bertz CT molecular complexity index is 499. The van der Waals surface area contributed by atoms with Crippen molar-refractivity contribution in [2.24, 2.45) is 0 Å². The third-order valence-electron chi connectivity index (χ3n) is 4.86. The van der Waals surface area contributed by atoms with E-state index in [-0.39, 0.29) is 0 Å². The first-order chi connectivity index (χ1) is 10.4. The monoisotopic (exact) mass is 319 g/mol. The molecule has 1 heterocycles. The zero-order valence-corrected chi connectivity index (χ0v) is 15.3. The lowest BCUT2D eigenvalue weighted by Crippen LogP contribution is -2.48. The van der Waals surface area contributed by atoms with Crippen molar-refractivity contribution >= 4 is 23.0 Å². The Morgan fingerprint density at radius 1 is 1.23 bits per heavy atom. The number of aryl methyl sites for hydroxylation is 2. The SMILES string of the molecule is Cc1cccc(C)c1NC(=S)N1CCC(N(C)C(C)C)CC1. The van der Waals surface area contributed by atoms with Crippen molar-refractivity contribution < 1.29 is 0 Å². The van der Waals surface area contributed by atoms with Gasteiger partial charge in [0.1, 0.15) is 0 Å². The second-order valence-corrected chi connectivity index (χ2v) is 7.06. The van der Waals surface area contributed by atoms with Gasteiger partial charge in [-0.1, -0.05) is 18.2 Å². The first-order valence-electron chi connectivity index (χ1n) is 8.24. The summed E-state index contributed by atoms with van der Waals surface area (Å²) in [6.07, 6.45) is 2.37. The second-order valence-electron chi connectivity index (χ2n) is 6.67. The molecule has 122 valence electrons. The largest absolute Gasteiger partial charge is 0.349 e. The molecular weight excluding hydrogens is 290 g/mol. The minimum Gasteiger partial charge on any atom is -0.349 e. The summed E-state index contributed by atoms with van der Waals surface area (Å²) < 4.78 is 0. The van der Waals surface area contributed by atoms with E-state index in [0.29, 0.717) is 12.1 Å². The van der Waals surface area contributed by atoms with E-state index in [1.165, 1.54) is 24.0 Å². The summed E-state index contributed by atoms with van der Waals surface area (Å²) in [5.74, 6) is 0. The van der Waals surface area contributed by atoms with Crippen molar-refractivity contribution in [1.29, 1.82) is 0 Å². The normalized spacial score (nSPS) is 16.4. The molecule has 0 bridgehead atoms. The van der Waals surface area contributed by atoms with Gasteiger partial charge in [-0.15, -0.1) is 0 Å². The average molecular weight is 320 g/mol. The predicted molar refractivity (Wildman–Crippen MR) is 99.6 cm³/mol. The summed E-state index contributed by atoms with van der Waals surface area (Å²) >= 11 is 5.63. The van der Waals surface area contributed by atoms with Gasteiger partial charge in [-0.2, -0.15) is 0 Å². The molecule has 0 aliphatic carbocycles. The fraction of sp³-hybridized carbons (Fsp3) is 0.611. The summed E-state index contributed by atoms with van der Waals surface area (Å²) in [5, 5.41) is 4.32. The van der Waals surface area contributed by atoms with Crippen LogP contribution in [0.2, 0.25) is 0 Å². The van der Waals surface area contributed by atoms with E-state index in [9.17, 15) is 0 Å². The van der Waals surface area contributed by atoms with E-state index >= 15 is 0 Å².